The van der Waals surface area contributed by atoms with Crippen molar-refractivity contribution >= 4 is 46.3 Å². The van der Waals surface area contributed by atoms with E-state index in [1.807, 2.05) is 24.0 Å². The maximum Gasteiger partial charge on any atom is 0.244 e. The number of halogens is 2. The number of para-hydroxylation sites is 1. The summed E-state index contributed by atoms with van der Waals surface area (Å²) in [5.74, 6) is 1.17. The molecule has 0 atom stereocenters. The molecule has 3 rings (SSSR count). The molecule has 28 heavy (non-hydrogen) atoms. The van der Waals surface area contributed by atoms with E-state index in [0.717, 1.165) is 5.82 Å². The molecular formula is C19H22Cl2N6O. The Bertz CT molecular complexity index is 991. The summed E-state index contributed by atoms with van der Waals surface area (Å²) < 4.78 is 1.72. The smallest absolute Gasteiger partial charge is 0.244 e. The second kappa shape index (κ2) is 7.93. The van der Waals surface area contributed by atoms with Gasteiger partial charge in [-0.3, -0.25) is 4.79 Å². The molecule has 0 saturated heterocycles. The molecule has 1 aromatic carbocycles. The Balaban J connectivity index is 1.84. The molecule has 148 valence electrons. The quantitative estimate of drug-likeness (QED) is 0.669. The maximum absolute atomic E-state index is 12.6. The topological polar surface area (TPSA) is 75.4 Å². The minimum Gasteiger partial charge on any atom is -0.346 e. The summed E-state index contributed by atoms with van der Waals surface area (Å²) in [6.45, 7) is 8.81. The number of aromatic nitrogens is 4. The average molecular weight is 421 g/mol. The van der Waals surface area contributed by atoms with Gasteiger partial charge in [0.15, 0.2) is 11.5 Å². The van der Waals surface area contributed by atoms with Crippen molar-refractivity contribution in [1.29, 1.82) is 0 Å². The van der Waals surface area contributed by atoms with Crippen LogP contribution in [0.5, 0.6) is 0 Å². The van der Waals surface area contributed by atoms with Gasteiger partial charge >= 0.3 is 0 Å². The van der Waals surface area contributed by atoms with Crippen molar-refractivity contribution < 1.29 is 4.79 Å². The first kappa shape index (κ1) is 20.4. The molecular weight excluding hydrogens is 399 g/mol. The number of carbonyl (C=O) groups excluding carboxylic acids is 1. The highest BCUT2D eigenvalue weighted by molar-refractivity contribution is 6.39. The van der Waals surface area contributed by atoms with Gasteiger partial charge in [-0.05, 0) is 31.2 Å². The number of rotatable bonds is 5. The summed E-state index contributed by atoms with van der Waals surface area (Å²) in [5.41, 5.74) is 0.862. The van der Waals surface area contributed by atoms with Gasteiger partial charge in [-0.25, -0.2) is 0 Å². The number of benzene rings is 1. The lowest BCUT2D eigenvalue weighted by atomic mass is 9.96. The third kappa shape index (κ3) is 4.20. The fourth-order valence-electron chi connectivity index (χ4n) is 2.74. The van der Waals surface area contributed by atoms with Gasteiger partial charge in [0, 0.05) is 12.0 Å². The molecule has 2 heterocycles. The van der Waals surface area contributed by atoms with Gasteiger partial charge in [0.1, 0.15) is 5.82 Å². The van der Waals surface area contributed by atoms with E-state index < -0.39 is 0 Å². The third-order valence-electron chi connectivity index (χ3n) is 4.19. The van der Waals surface area contributed by atoms with Gasteiger partial charge in [0.05, 0.1) is 22.3 Å². The van der Waals surface area contributed by atoms with Crippen molar-refractivity contribution in [3.05, 3.63) is 46.2 Å². The summed E-state index contributed by atoms with van der Waals surface area (Å²) in [5, 5.41) is 16.6. The standard InChI is InChI=1S/C19H22Cl2N6O/c1-5-26(11-16(28)22-17-12(20)7-6-8-13(17)21)15-10-9-14-23-24-18(19(2,3)4)27(14)25-15/h6-10H,5,11H2,1-4H3,(H,22,28). The van der Waals surface area contributed by atoms with Crippen molar-refractivity contribution in [3.8, 4) is 0 Å². The van der Waals surface area contributed by atoms with E-state index in [1.165, 1.54) is 0 Å². The highest BCUT2D eigenvalue weighted by Crippen LogP contribution is 2.29. The van der Waals surface area contributed by atoms with Crippen LogP contribution >= 0.6 is 23.2 Å². The molecule has 0 fully saturated rings. The van der Waals surface area contributed by atoms with Gasteiger partial charge in [0.2, 0.25) is 5.91 Å². The number of nitrogens with zero attached hydrogens (tertiary/aromatic N) is 5. The highest BCUT2D eigenvalue weighted by atomic mass is 35.5. The number of likely N-dealkylation sites (N-methyl/N-ethyl adjacent to an activating group) is 1. The van der Waals surface area contributed by atoms with E-state index in [4.69, 9.17) is 23.2 Å². The van der Waals surface area contributed by atoms with Crippen LogP contribution in [0.15, 0.2) is 30.3 Å². The summed E-state index contributed by atoms with van der Waals surface area (Å²) in [7, 11) is 0. The molecule has 0 spiro atoms. The van der Waals surface area contributed by atoms with E-state index in [9.17, 15) is 4.79 Å². The molecule has 0 saturated carbocycles. The van der Waals surface area contributed by atoms with Gasteiger partial charge in [-0.1, -0.05) is 50.0 Å². The van der Waals surface area contributed by atoms with Crippen molar-refractivity contribution in [1.82, 2.24) is 19.8 Å². The van der Waals surface area contributed by atoms with Gasteiger partial charge < -0.3 is 10.2 Å². The Labute approximate surface area is 173 Å². The Kier molecular flexibility index (Phi) is 5.76. The summed E-state index contributed by atoms with van der Waals surface area (Å²) in [6, 6.07) is 8.75. The Hall–Kier alpha value is -2.38. The molecule has 7 nitrogen and oxygen atoms in total. The number of amides is 1. The second-order valence-electron chi connectivity index (χ2n) is 7.39. The first-order valence-electron chi connectivity index (χ1n) is 8.92. The molecule has 1 N–H and O–H groups in total. The van der Waals surface area contributed by atoms with Crippen molar-refractivity contribution in [3.63, 3.8) is 0 Å². The maximum atomic E-state index is 12.6. The Morgan fingerprint density at radius 2 is 1.82 bits per heavy atom. The number of hydrogen-bond acceptors (Lipinski definition) is 5. The normalized spacial score (nSPS) is 11.6. The largest absolute Gasteiger partial charge is 0.346 e. The SMILES string of the molecule is CCN(CC(=O)Nc1c(Cl)cccc1Cl)c1ccc2nnc(C(C)(C)C)n2n1. The zero-order valence-electron chi connectivity index (χ0n) is 16.2. The molecule has 1 amide bonds. The zero-order chi connectivity index (χ0) is 20.5. The van der Waals surface area contributed by atoms with Crippen molar-refractivity contribution in [2.24, 2.45) is 0 Å². The van der Waals surface area contributed by atoms with Crippen LogP contribution in [0.4, 0.5) is 11.5 Å². The lowest BCUT2D eigenvalue weighted by Crippen LogP contribution is -2.34. The molecule has 2 aromatic heterocycles. The lowest BCUT2D eigenvalue weighted by Gasteiger charge is -2.22. The van der Waals surface area contributed by atoms with Crippen LogP contribution in [-0.4, -0.2) is 38.8 Å². The number of fused-ring (bicyclic) bond motifs is 1. The van der Waals surface area contributed by atoms with E-state index in [2.05, 4.69) is 41.4 Å². The monoisotopic (exact) mass is 420 g/mol. The Morgan fingerprint density at radius 3 is 2.43 bits per heavy atom. The highest BCUT2D eigenvalue weighted by Gasteiger charge is 2.23. The van der Waals surface area contributed by atoms with E-state index in [0.29, 0.717) is 33.7 Å². The molecule has 0 bridgehead atoms. The summed E-state index contributed by atoms with van der Waals surface area (Å²) in [4.78, 5) is 14.4. The van der Waals surface area contributed by atoms with Crippen LogP contribution in [0.3, 0.4) is 0 Å². The minimum atomic E-state index is -0.237. The number of carbonyl (C=O) groups is 1. The summed E-state index contributed by atoms with van der Waals surface area (Å²) in [6.07, 6.45) is 0. The van der Waals surface area contributed by atoms with Crippen LogP contribution < -0.4 is 10.2 Å². The molecule has 0 aliphatic rings. The number of anilines is 2. The fourth-order valence-corrected chi connectivity index (χ4v) is 3.23. The number of hydrogen-bond donors (Lipinski definition) is 1. The fraction of sp³-hybridized carbons (Fsp3) is 0.368. The van der Waals surface area contributed by atoms with E-state index >= 15 is 0 Å². The van der Waals surface area contributed by atoms with Gasteiger partial charge in [0.25, 0.3) is 0 Å². The molecule has 0 unspecified atom stereocenters. The van der Waals surface area contributed by atoms with Crippen molar-refractivity contribution in [2.75, 3.05) is 23.3 Å². The molecule has 3 aromatic rings. The number of nitrogens with one attached hydrogen (secondary N) is 1. The van der Waals surface area contributed by atoms with Crippen LogP contribution in [0, 0.1) is 0 Å². The average Bonchev–Trinajstić information content (AvgIpc) is 3.06. The van der Waals surface area contributed by atoms with Crippen molar-refractivity contribution in [2.45, 2.75) is 33.1 Å². The molecule has 0 aliphatic heterocycles. The summed E-state index contributed by atoms with van der Waals surface area (Å²) >= 11 is 12.3. The predicted molar refractivity (Wildman–Crippen MR) is 112 cm³/mol. The van der Waals surface area contributed by atoms with Crippen LogP contribution in [-0.2, 0) is 10.2 Å². The minimum absolute atomic E-state index is 0.101. The molecule has 9 heteroatoms. The lowest BCUT2D eigenvalue weighted by molar-refractivity contribution is -0.115. The predicted octanol–water partition coefficient (Wildman–Crippen LogP) is 4.19. The first-order chi connectivity index (χ1) is 13.2. The van der Waals surface area contributed by atoms with Crippen LogP contribution in [0.2, 0.25) is 10.0 Å². The third-order valence-corrected chi connectivity index (χ3v) is 4.82. The second-order valence-corrected chi connectivity index (χ2v) is 8.21. The molecule has 0 aliphatic carbocycles. The van der Waals surface area contributed by atoms with Gasteiger partial charge in [-0.15, -0.1) is 15.3 Å². The van der Waals surface area contributed by atoms with Crippen LogP contribution in [0.1, 0.15) is 33.5 Å². The van der Waals surface area contributed by atoms with E-state index in [1.54, 1.807) is 22.7 Å². The zero-order valence-corrected chi connectivity index (χ0v) is 17.7. The first-order valence-corrected chi connectivity index (χ1v) is 9.68. The molecule has 0 radical (unpaired) electrons. The van der Waals surface area contributed by atoms with E-state index in [-0.39, 0.29) is 17.9 Å². The van der Waals surface area contributed by atoms with Gasteiger partial charge in [-0.2, -0.15) is 4.52 Å². The van der Waals surface area contributed by atoms with Crippen LogP contribution in [0.25, 0.3) is 5.65 Å². The Morgan fingerprint density at radius 1 is 1.14 bits per heavy atom.